The zero-order valence-corrected chi connectivity index (χ0v) is 12.0. The average Bonchev–Trinajstić information content (AvgIpc) is 3.02. The molecule has 2 aromatic heterocycles. The Hall–Kier alpha value is -2.47. The minimum atomic E-state index is -0.300. The SMILES string of the molecule is O=c1nc(-c2ccc3[nH]ncc3c2)cc(C2CCOCC2)[nH]1. The number of aromatic amines is 2. The fourth-order valence-corrected chi connectivity index (χ4v) is 2.95. The normalized spacial score (nSPS) is 16.2. The lowest BCUT2D eigenvalue weighted by Crippen LogP contribution is -2.20. The zero-order valence-electron chi connectivity index (χ0n) is 12.0. The van der Waals surface area contributed by atoms with Crippen LogP contribution in [0, 0.1) is 0 Å². The molecular weight excluding hydrogens is 280 g/mol. The van der Waals surface area contributed by atoms with Gasteiger partial charge >= 0.3 is 5.69 Å². The van der Waals surface area contributed by atoms with E-state index in [1.807, 2.05) is 24.3 Å². The summed E-state index contributed by atoms with van der Waals surface area (Å²) in [6.07, 6.45) is 3.63. The maximum Gasteiger partial charge on any atom is 0.345 e. The summed E-state index contributed by atoms with van der Waals surface area (Å²) in [4.78, 5) is 18.9. The van der Waals surface area contributed by atoms with Gasteiger partial charge in [-0.1, -0.05) is 6.07 Å². The van der Waals surface area contributed by atoms with Gasteiger partial charge in [0.15, 0.2) is 0 Å². The summed E-state index contributed by atoms with van der Waals surface area (Å²) in [5.41, 5.74) is 3.25. The van der Waals surface area contributed by atoms with Gasteiger partial charge in [-0.3, -0.25) is 5.10 Å². The highest BCUT2D eigenvalue weighted by Gasteiger charge is 2.18. The summed E-state index contributed by atoms with van der Waals surface area (Å²) in [5.74, 6) is 0.334. The number of nitrogens with one attached hydrogen (secondary N) is 2. The molecule has 0 atom stereocenters. The lowest BCUT2D eigenvalue weighted by molar-refractivity contribution is 0.0844. The van der Waals surface area contributed by atoms with Crippen molar-refractivity contribution in [1.82, 2.24) is 20.2 Å². The van der Waals surface area contributed by atoms with E-state index in [4.69, 9.17) is 4.74 Å². The second kappa shape index (κ2) is 5.38. The Balaban J connectivity index is 1.77. The van der Waals surface area contributed by atoms with Crippen molar-refractivity contribution in [2.75, 3.05) is 13.2 Å². The van der Waals surface area contributed by atoms with E-state index < -0.39 is 0 Å². The van der Waals surface area contributed by atoms with E-state index in [0.717, 1.165) is 48.2 Å². The molecule has 0 aliphatic carbocycles. The molecule has 0 spiro atoms. The molecule has 1 saturated heterocycles. The van der Waals surface area contributed by atoms with Gasteiger partial charge in [0.05, 0.1) is 17.4 Å². The third kappa shape index (κ3) is 2.42. The van der Waals surface area contributed by atoms with E-state index in [9.17, 15) is 4.79 Å². The molecule has 0 unspecified atom stereocenters. The fraction of sp³-hybridized carbons (Fsp3) is 0.312. The Kier molecular flexibility index (Phi) is 3.23. The van der Waals surface area contributed by atoms with Gasteiger partial charge in [-0.2, -0.15) is 10.1 Å². The van der Waals surface area contributed by atoms with Crippen molar-refractivity contribution in [3.63, 3.8) is 0 Å². The van der Waals surface area contributed by atoms with Gasteiger partial charge in [0.25, 0.3) is 0 Å². The monoisotopic (exact) mass is 296 g/mol. The van der Waals surface area contributed by atoms with Crippen LogP contribution in [0.25, 0.3) is 22.2 Å². The van der Waals surface area contributed by atoms with Crippen LogP contribution in [-0.4, -0.2) is 33.4 Å². The van der Waals surface area contributed by atoms with Crippen molar-refractivity contribution in [1.29, 1.82) is 0 Å². The second-order valence-corrected chi connectivity index (χ2v) is 5.59. The smallest absolute Gasteiger partial charge is 0.345 e. The highest BCUT2D eigenvalue weighted by molar-refractivity contribution is 5.83. The molecule has 1 aliphatic heterocycles. The number of hydrogen-bond acceptors (Lipinski definition) is 4. The molecule has 1 aliphatic rings. The molecule has 0 radical (unpaired) electrons. The lowest BCUT2D eigenvalue weighted by atomic mass is 9.95. The van der Waals surface area contributed by atoms with Crippen molar-refractivity contribution < 1.29 is 4.74 Å². The van der Waals surface area contributed by atoms with Gasteiger partial charge < -0.3 is 9.72 Å². The summed E-state index contributed by atoms with van der Waals surface area (Å²) in [7, 11) is 0. The van der Waals surface area contributed by atoms with Crippen LogP contribution in [0.15, 0.2) is 35.3 Å². The van der Waals surface area contributed by atoms with Crippen LogP contribution in [0.3, 0.4) is 0 Å². The first-order valence-corrected chi connectivity index (χ1v) is 7.42. The van der Waals surface area contributed by atoms with Gasteiger partial charge in [-0.25, -0.2) is 4.79 Å². The Morgan fingerprint density at radius 1 is 1.18 bits per heavy atom. The van der Waals surface area contributed by atoms with E-state index >= 15 is 0 Å². The average molecular weight is 296 g/mol. The molecule has 6 heteroatoms. The highest BCUT2D eigenvalue weighted by atomic mass is 16.5. The van der Waals surface area contributed by atoms with E-state index in [0.29, 0.717) is 11.6 Å². The Labute approximate surface area is 126 Å². The third-order valence-corrected chi connectivity index (χ3v) is 4.16. The van der Waals surface area contributed by atoms with Crippen LogP contribution in [0.4, 0.5) is 0 Å². The summed E-state index contributed by atoms with van der Waals surface area (Å²) in [6, 6.07) is 7.89. The van der Waals surface area contributed by atoms with Crippen LogP contribution in [0.2, 0.25) is 0 Å². The van der Waals surface area contributed by atoms with Crippen LogP contribution in [0.5, 0.6) is 0 Å². The molecular formula is C16H16N4O2. The number of fused-ring (bicyclic) bond motifs is 1. The topological polar surface area (TPSA) is 83.7 Å². The van der Waals surface area contributed by atoms with Gasteiger partial charge in [0, 0.05) is 35.8 Å². The van der Waals surface area contributed by atoms with Crippen LogP contribution in [-0.2, 0) is 4.74 Å². The number of nitrogens with zero attached hydrogens (tertiary/aromatic N) is 2. The Morgan fingerprint density at radius 3 is 2.91 bits per heavy atom. The molecule has 4 rings (SSSR count). The van der Waals surface area contributed by atoms with Crippen molar-refractivity contribution in [3.05, 3.63) is 46.6 Å². The summed E-state index contributed by atoms with van der Waals surface area (Å²) in [5, 5.41) is 7.94. The summed E-state index contributed by atoms with van der Waals surface area (Å²) in [6.45, 7) is 1.48. The van der Waals surface area contributed by atoms with Crippen LogP contribution >= 0.6 is 0 Å². The second-order valence-electron chi connectivity index (χ2n) is 5.59. The molecule has 3 heterocycles. The van der Waals surface area contributed by atoms with E-state index in [1.54, 1.807) is 6.20 Å². The molecule has 3 aromatic rings. The van der Waals surface area contributed by atoms with E-state index in [-0.39, 0.29) is 5.69 Å². The maximum absolute atomic E-state index is 11.9. The third-order valence-electron chi connectivity index (χ3n) is 4.16. The Morgan fingerprint density at radius 2 is 2.05 bits per heavy atom. The first-order valence-electron chi connectivity index (χ1n) is 7.42. The number of benzene rings is 1. The number of hydrogen-bond donors (Lipinski definition) is 2. The summed E-state index contributed by atoms with van der Waals surface area (Å²) >= 11 is 0. The first kappa shape index (κ1) is 13.2. The number of rotatable bonds is 2. The van der Waals surface area contributed by atoms with Gasteiger partial charge in [-0.15, -0.1) is 0 Å². The highest BCUT2D eigenvalue weighted by Crippen LogP contribution is 2.27. The predicted molar refractivity (Wildman–Crippen MR) is 82.7 cm³/mol. The molecule has 1 fully saturated rings. The van der Waals surface area contributed by atoms with Crippen LogP contribution in [0.1, 0.15) is 24.5 Å². The van der Waals surface area contributed by atoms with Gasteiger partial charge in [0.1, 0.15) is 0 Å². The Bertz CT molecular complexity index is 862. The van der Waals surface area contributed by atoms with Crippen molar-refractivity contribution in [3.8, 4) is 11.3 Å². The van der Waals surface area contributed by atoms with Crippen molar-refractivity contribution in [2.45, 2.75) is 18.8 Å². The molecule has 0 bridgehead atoms. The number of ether oxygens (including phenoxy) is 1. The molecule has 22 heavy (non-hydrogen) atoms. The standard InChI is InChI=1S/C16H16N4O2/c21-16-18-14(10-3-5-22-6-4-10)8-15(19-16)11-1-2-13-12(7-11)9-17-20-13/h1-2,7-10H,3-6H2,(H,17,20)(H,18,19,21). The molecule has 112 valence electrons. The largest absolute Gasteiger partial charge is 0.381 e. The van der Waals surface area contributed by atoms with Crippen molar-refractivity contribution >= 4 is 10.9 Å². The fourth-order valence-electron chi connectivity index (χ4n) is 2.95. The molecule has 0 amide bonds. The molecule has 2 N–H and O–H groups in total. The quantitative estimate of drug-likeness (QED) is 0.759. The van der Waals surface area contributed by atoms with E-state index in [1.165, 1.54) is 0 Å². The zero-order chi connectivity index (χ0) is 14.9. The molecule has 0 saturated carbocycles. The predicted octanol–water partition coefficient (Wildman–Crippen LogP) is 2.21. The number of H-pyrrole nitrogens is 2. The first-order chi connectivity index (χ1) is 10.8. The molecule has 1 aromatic carbocycles. The summed E-state index contributed by atoms with van der Waals surface area (Å²) < 4.78 is 5.39. The lowest BCUT2D eigenvalue weighted by Gasteiger charge is -2.22. The van der Waals surface area contributed by atoms with Crippen LogP contribution < -0.4 is 5.69 Å². The van der Waals surface area contributed by atoms with E-state index in [2.05, 4.69) is 20.2 Å². The van der Waals surface area contributed by atoms with Gasteiger partial charge in [-0.05, 0) is 31.0 Å². The maximum atomic E-state index is 11.9. The van der Waals surface area contributed by atoms with Gasteiger partial charge in [0.2, 0.25) is 0 Å². The minimum absolute atomic E-state index is 0.300. The van der Waals surface area contributed by atoms with Crippen molar-refractivity contribution in [2.24, 2.45) is 0 Å². The number of aromatic nitrogens is 4. The minimum Gasteiger partial charge on any atom is -0.381 e. The molecule has 6 nitrogen and oxygen atoms in total.